The first kappa shape index (κ1) is 7.21. The molecule has 4 heteroatoms. The number of carbonyl (C=O) groups excluding carboxylic acids is 1. The number of halogens is 1. The molecule has 0 aliphatic carbocycles. The van der Waals surface area contributed by atoms with Crippen LogP contribution in [-0.4, -0.2) is 11.3 Å². The van der Waals surface area contributed by atoms with E-state index in [2.05, 4.69) is 20.9 Å². The number of hydrogen-bond donors (Lipinski definition) is 1. The lowest BCUT2D eigenvalue weighted by molar-refractivity contribution is 0.111. The van der Waals surface area contributed by atoms with E-state index in [0.717, 1.165) is 0 Å². The molecule has 0 aromatic carbocycles. The first-order valence-corrected chi connectivity index (χ1v) is 3.37. The molecule has 0 fully saturated rings. The van der Waals surface area contributed by atoms with Gasteiger partial charge in [0.25, 0.3) is 5.56 Å². The molecule has 0 aliphatic rings. The average molecular weight is 202 g/mol. The van der Waals surface area contributed by atoms with Crippen molar-refractivity contribution < 1.29 is 4.79 Å². The summed E-state index contributed by atoms with van der Waals surface area (Å²) in [5.41, 5.74) is -0.00204. The molecule has 0 amide bonds. The van der Waals surface area contributed by atoms with Crippen molar-refractivity contribution in [3.8, 4) is 0 Å². The van der Waals surface area contributed by atoms with Gasteiger partial charge in [-0.15, -0.1) is 0 Å². The summed E-state index contributed by atoms with van der Waals surface area (Å²) in [6.07, 6.45) is 0.591. The predicted molar refractivity (Wildman–Crippen MR) is 40.2 cm³/mol. The molecule has 1 N–H and O–H groups in total. The fourth-order valence-corrected chi connectivity index (χ4v) is 0.771. The zero-order valence-electron chi connectivity index (χ0n) is 4.93. The van der Waals surface area contributed by atoms with Crippen LogP contribution in [0.2, 0.25) is 0 Å². The molecule has 1 rings (SSSR count). The topological polar surface area (TPSA) is 49.9 Å². The molecule has 0 atom stereocenters. The molecule has 0 radical (unpaired) electrons. The summed E-state index contributed by atoms with van der Waals surface area (Å²) < 4.78 is 0.429. The van der Waals surface area contributed by atoms with E-state index in [1.54, 1.807) is 0 Å². The summed E-state index contributed by atoms with van der Waals surface area (Å²) >= 11 is 3.00. The van der Waals surface area contributed by atoms with E-state index in [1.807, 2.05) is 0 Å². The van der Waals surface area contributed by atoms with Gasteiger partial charge in [0, 0.05) is 0 Å². The van der Waals surface area contributed by atoms with Gasteiger partial charge in [0.15, 0.2) is 6.29 Å². The van der Waals surface area contributed by atoms with Gasteiger partial charge in [-0.05, 0) is 28.1 Å². The minimum atomic E-state index is -0.287. The largest absolute Gasteiger partial charge is 0.319 e. The second kappa shape index (κ2) is 2.79. The molecule has 1 heterocycles. The van der Waals surface area contributed by atoms with Gasteiger partial charge >= 0.3 is 0 Å². The summed E-state index contributed by atoms with van der Waals surface area (Å²) in [4.78, 5) is 23.2. The van der Waals surface area contributed by atoms with Crippen molar-refractivity contribution in [2.75, 3.05) is 0 Å². The van der Waals surface area contributed by atoms with Crippen LogP contribution in [0.15, 0.2) is 21.4 Å². The van der Waals surface area contributed by atoms with E-state index in [0.29, 0.717) is 10.8 Å². The van der Waals surface area contributed by atoms with Crippen LogP contribution in [0.1, 0.15) is 10.5 Å². The Kier molecular flexibility index (Phi) is 2.01. The fourth-order valence-electron chi connectivity index (χ4n) is 0.540. The van der Waals surface area contributed by atoms with Gasteiger partial charge in [0.05, 0.1) is 10.2 Å². The van der Waals surface area contributed by atoms with Crippen LogP contribution >= 0.6 is 15.9 Å². The highest BCUT2D eigenvalue weighted by Gasteiger charge is 1.94. The van der Waals surface area contributed by atoms with Crippen molar-refractivity contribution >= 4 is 22.2 Å². The van der Waals surface area contributed by atoms with Crippen LogP contribution in [-0.2, 0) is 0 Å². The third-order valence-electron chi connectivity index (χ3n) is 1.01. The van der Waals surface area contributed by atoms with Crippen LogP contribution in [0, 0.1) is 0 Å². The number of aromatic nitrogens is 1. The zero-order chi connectivity index (χ0) is 7.56. The standard InChI is InChI=1S/C6H4BrNO2/c7-5-2-1-4(3-9)8-6(5)10/h1-3H,(H,8,10). The number of hydrogen-bond acceptors (Lipinski definition) is 2. The summed E-state index contributed by atoms with van der Waals surface area (Å²) in [5.74, 6) is 0. The minimum Gasteiger partial charge on any atom is -0.319 e. The van der Waals surface area contributed by atoms with Crippen LogP contribution in [0.4, 0.5) is 0 Å². The smallest absolute Gasteiger partial charge is 0.262 e. The number of nitrogens with one attached hydrogen (secondary N) is 1. The number of pyridine rings is 1. The van der Waals surface area contributed by atoms with E-state index >= 15 is 0 Å². The molecule has 0 bridgehead atoms. The lowest BCUT2D eigenvalue weighted by atomic mass is 10.4. The van der Waals surface area contributed by atoms with Crippen molar-refractivity contribution in [1.82, 2.24) is 4.98 Å². The Labute approximate surface area is 65.2 Å². The van der Waals surface area contributed by atoms with Gasteiger partial charge in [-0.3, -0.25) is 9.59 Å². The van der Waals surface area contributed by atoms with Gasteiger partial charge < -0.3 is 4.98 Å². The predicted octanol–water partition coefficient (Wildman–Crippen LogP) is 0.950. The van der Waals surface area contributed by atoms with Crippen LogP contribution in [0.5, 0.6) is 0 Å². The van der Waals surface area contributed by atoms with E-state index < -0.39 is 0 Å². The maximum Gasteiger partial charge on any atom is 0.262 e. The number of H-pyrrole nitrogens is 1. The number of aromatic amines is 1. The van der Waals surface area contributed by atoms with Gasteiger partial charge in [-0.1, -0.05) is 0 Å². The SMILES string of the molecule is O=Cc1ccc(Br)c(=O)[nH]1. The maximum absolute atomic E-state index is 10.7. The van der Waals surface area contributed by atoms with Crippen molar-refractivity contribution in [3.05, 3.63) is 32.7 Å². The van der Waals surface area contributed by atoms with Gasteiger partial charge in [-0.25, -0.2) is 0 Å². The third kappa shape index (κ3) is 1.33. The molecule has 3 nitrogen and oxygen atoms in total. The molecule has 0 spiro atoms. The molecule has 0 saturated heterocycles. The van der Waals surface area contributed by atoms with Crippen LogP contribution in [0.3, 0.4) is 0 Å². The average Bonchev–Trinajstić information content (AvgIpc) is 1.95. The summed E-state index contributed by atoms with van der Waals surface area (Å²) in [7, 11) is 0. The minimum absolute atomic E-state index is 0.285. The summed E-state index contributed by atoms with van der Waals surface area (Å²) in [5, 5.41) is 0. The van der Waals surface area contributed by atoms with Crippen molar-refractivity contribution in [3.63, 3.8) is 0 Å². The highest BCUT2D eigenvalue weighted by Crippen LogP contribution is 1.99. The zero-order valence-corrected chi connectivity index (χ0v) is 6.51. The number of carbonyl (C=O) groups is 1. The first-order valence-electron chi connectivity index (χ1n) is 2.58. The molecule has 10 heavy (non-hydrogen) atoms. The Morgan fingerprint density at radius 3 is 2.70 bits per heavy atom. The normalized spacial score (nSPS) is 9.30. The van der Waals surface area contributed by atoms with Crippen molar-refractivity contribution in [2.45, 2.75) is 0 Å². The van der Waals surface area contributed by atoms with Crippen LogP contribution in [0.25, 0.3) is 0 Å². The first-order chi connectivity index (χ1) is 4.74. The van der Waals surface area contributed by atoms with E-state index in [1.165, 1.54) is 12.1 Å². The molecule has 1 aromatic heterocycles. The molecule has 0 unspecified atom stereocenters. The fraction of sp³-hybridized carbons (Fsp3) is 0. The molecule has 0 aliphatic heterocycles. The quantitative estimate of drug-likeness (QED) is 0.689. The van der Waals surface area contributed by atoms with E-state index in [4.69, 9.17) is 0 Å². The van der Waals surface area contributed by atoms with Crippen molar-refractivity contribution in [1.29, 1.82) is 0 Å². The Bertz CT molecular complexity index is 305. The van der Waals surface area contributed by atoms with Gasteiger partial charge in [0.1, 0.15) is 0 Å². The molecule has 1 aromatic rings. The van der Waals surface area contributed by atoms with Gasteiger partial charge in [-0.2, -0.15) is 0 Å². The second-order valence-electron chi connectivity index (χ2n) is 1.71. The van der Waals surface area contributed by atoms with Crippen molar-refractivity contribution in [2.24, 2.45) is 0 Å². The molecular formula is C6H4BrNO2. The number of aldehydes is 1. The van der Waals surface area contributed by atoms with E-state index in [-0.39, 0.29) is 11.3 Å². The van der Waals surface area contributed by atoms with Crippen LogP contribution < -0.4 is 5.56 Å². The highest BCUT2D eigenvalue weighted by atomic mass is 79.9. The maximum atomic E-state index is 10.7. The second-order valence-corrected chi connectivity index (χ2v) is 2.56. The lowest BCUT2D eigenvalue weighted by Crippen LogP contribution is -2.08. The third-order valence-corrected chi connectivity index (χ3v) is 1.64. The molecule has 0 saturated carbocycles. The summed E-state index contributed by atoms with van der Waals surface area (Å²) in [6.45, 7) is 0. The van der Waals surface area contributed by atoms with E-state index in [9.17, 15) is 9.59 Å². The number of rotatable bonds is 1. The Balaban J connectivity index is 3.30. The Morgan fingerprint density at radius 1 is 1.50 bits per heavy atom. The summed E-state index contributed by atoms with van der Waals surface area (Å²) in [6, 6.07) is 3.06. The molecule has 52 valence electrons. The Morgan fingerprint density at radius 2 is 2.20 bits per heavy atom. The Hall–Kier alpha value is -0.900. The monoisotopic (exact) mass is 201 g/mol. The molecular weight excluding hydrogens is 198 g/mol. The van der Waals surface area contributed by atoms with Gasteiger partial charge in [0.2, 0.25) is 0 Å². The lowest BCUT2D eigenvalue weighted by Gasteiger charge is -1.88. The highest BCUT2D eigenvalue weighted by molar-refractivity contribution is 9.10.